The summed E-state index contributed by atoms with van der Waals surface area (Å²) in [7, 11) is -2.94. The van der Waals surface area contributed by atoms with E-state index in [-0.39, 0.29) is 11.8 Å². The van der Waals surface area contributed by atoms with Gasteiger partial charge in [-0.3, -0.25) is 0 Å². The van der Waals surface area contributed by atoms with E-state index in [0.29, 0.717) is 13.0 Å². The summed E-state index contributed by atoms with van der Waals surface area (Å²) < 4.78 is 28.2. The fourth-order valence-corrected chi connectivity index (χ4v) is 4.51. The molecule has 1 aliphatic rings. The Bertz CT molecular complexity index is 896. The van der Waals surface area contributed by atoms with Crippen molar-refractivity contribution in [1.82, 2.24) is 0 Å². The van der Waals surface area contributed by atoms with E-state index in [9.17, 15) is 8.42 Å². The lowest BCUT2D eigenvalue weighted by Gasteiger charge is -2.17. The van der Waals surface area contributed by atoms with Crippen molar-refractivity contribution < 1.29 is 13.2 Å². The van der Waals surface area contributed by atoms with Gasteiger partial charge in [0.2, 0.25) is 0 Å². The van der Waals surface area contributed by atoms with Crippen LogP contribution < -0.4 is 10.5 Å². The lowest BCUT2D eigenvalue weighted by Crippen LogP contribution is -2.08. The highest BCUT2D eigenvalue weighted by Crippen LogP contribution is 2.39. The second-order valence-corrected chi connectivity index (χ2v) is 9.54. The second-order valence-electron chi connectivity index (χ2n) is 7.28. The molecule has 0 aromatic heterocycles. The minimum absolute atomic E-state index is 0.142. The van der Waals surface area contributed by atoms with Crippen molar-refractivity contribution in [3.63, 3.8) is 0 Å². The fraction of sp³-hybridized carbons (Fsp3) is 0.429. The first-order valence-corrected chi connectivity index (χ1v) is 11.1. The van der Waals surface area contributed by atoms with Gasteiger partial charge < -0.3 is 10.5 Å². The number of hydrogen-bond donors (Lipinski definition) is 1. The van der Waals surface area contributed by atoms with Crippen LogP contribution in [0.5, 0.6) is 5.75 Å². The van der Waals surface area contributed by atoms with Crippen LogP contribution in [-0.2, 0) is 16.3 Å². The number of aryl methyl sites for hydroxylation is 2. The lowest BCUT2D eigenvalue weighted by molar-refractivity contribution is 0.317. The van der Waals surface area contributed by atoms with Gasteiger partial charge >= 0.3 is 0 Å². The molecule has 0 spiro atoms. The van der Waals surface area contributed by atoms with Gasteiger partial charge in [0.1, 0.15) is 15.6 Å². The molecule has 1 aliphatic carbocycles. The molecule has 1 atom stereocenters. The zero-order chi connectivity index (χ0) is 18.9. The summed E-state index contributed by atoms with van der Waals surface area (Å²) in [6, 6.07) is 10.6. The van der Waals surface area contributed by atoms with E-state index in [1.165, 1.54) is 28.5 Å². The maximum atomic E-state index is 11.2. The molecular formula is C21H27NO3S. The van der Waals surface area contributed by atoms with Crippen molar-refractivity contribution in [3.8, 4) is 16.9 Å². The summed E-state index contributed by atoms with van der Waals surface area (Å²) in [5.74, 6) is 0.945. The maximum absolute atomic E-state index is 11.2. The van der Waals surface area contributed by atoms with Crippen LogP contribution in [0, 0.1) is 13.8 Å². The number of sulfone groups is 1. The number of rotatable bonds is 6. The Hall–Kier alpha value is -1.85. The molecule has 140 valence electrons. The fourth-order valence-electron chi connectivity index (χ4n) is 3.86. The Morgan fingerprint density at radius 1 is 1.19 bits per heavy atom. The first-order valence-electron chi connectivity index (χ1n) is 9.06. The number of nitrogens with two attached hydrogens (primary N) is 1. The molecule has 0 fully saturated rings. The van der Waals surface area contributed by atoms with Gasteiger partial charge in [-0.15, -0.1) is 0 Å². The highest BCUT2D eigenvalue weighted by Gasteiger charge is 2.23. The summed E-state index contributed by atoms with van der Waals surface area (Å²) >= 11 is 0. The molecular weight excluding hydrogens is 346 g/mol. The molecule has 0 bridgehead atoms. The zero-order valence-electron chi connectivity index (χ0n) is 15.7. The Kier molecular flexibility index (Phi) is 5.39. The third-order valence-electron chi connectivity index (χ3n) is 5.02. The van der Waals surface area contributed by atoms with Gasteiger partial charge in [-0.25, -0.2) is 8.42 Å². The van der Waals surface area contributed by atoms with Crippen LogP contribution in [0.25, 0.3) is 11.1 Å². The van der Waals surface area contributed by atoms with Gasteiger partial charge in [0.15, 0.2) is 0 Å². The maximum Gasteiger partial charge on any atom is 0.147 e. The Morgan fingerprint density at radius 3 is 2.54 bits per heavy atom. The number of ether oxygens (including phenoxy) is 1. The van der Waals surface area contributed by atoms with E-state index < -0.39 is 9.84 Å². The van der Waals surface area contributed by atoms with Crippen molar-refractivity contribution in [3.05, 3.63) is 52.6 Å². The van der Waals surface area contributed by atoms with E-state index in [1.807, 2.05) is 12.1 Å². The standard InChI is InChI=1S/C21H27NO3S/c1-14-12-16(25-10-5-11-26(3,23)24)13-15(2)21(14)19-7-4-6-18-17(19)8-9-20(18)22/h4,6-7,12-13,20H,5,8-11,22H2,1-3H3/t20-/m1/s1. The highest BCUT2D eigenvalue weighted by molar-refractivity contribution is 7.90. The van der Waals surface area contributed by atoms with Gasteiger partial charge in [0, 0.05) is 12.3 Å². The average Bonchev–Trinajstić information content (AvgIpc) is 2.92. The molecule has 0 saturated heterocycles. The van der Waals surface area contributed by atoms with Crippen LogP contribution in [-0.4, -0.2) is 27.0 Å². The summed E-state index contributed by atoms with van der Waals surface area (Å²) in [6.07, 6.45) is 3.78. The molecule has 5 heteroatoms. The normalized spacial score (nSPS) is 16.5. The van der Waals surface area contributed by atoms with Crippen molar-refractivity contribution in [1.29, 1.82) is 0 Å². The molecule has 0 radical (unpaired) electrons. The largest absolute Gasteiger partial charge is 0.494 e. The molecule has 26 heavy (non-hydrogen) atoms. The summed E-state index contributed by atoms with van der Waals surface area (Å²) in [6.45, 7) is 4.60. The van der Waals surface area contributed by atoms with Crippen LogP contribution in [0.1, 0.15) is 41.1 Å². The molecule has 0 amide bonds. The molecule has 0 unspecified atom stereocenters. The van der Waals surface area contributed by atoms with E-state index >= 15 is 0 Å². The van der Waals surface area contributed by atoms with Crippen molar-refractivity contribution in [2.24, 2.45) is 5.73 Å². The van der Waals surface area contributed by atoms with Crippen molar-refractivity contribution in [2.75, 3.05) is 18.6 Å². The molecule has 2 aromatic carbocycles. The molecule has 0 heterocycles. The van der Waals surface area contributed by atoms with Crippen LogP contribution in [0.4, 0.5) is 0 Å². The molecule has 2 N–H and O–H groups in total. The van der Waals surface area contributed by atoms with Crippen LogP contribution in [0.15, 0.2) is 30.3 Å². The third-order valence-corrected chi connectivity index (χ3v) is 6.05. The summed E-state index contributed by atoms with van der Waals surface area (Å²) in [5.41, 5.74) is 13.7. The van der Waals surface area contributed by atoms with Crippen LogP contribution >= 0.6 is 0 Å². The van der Waals surface area contributed by atoms with E-state index in [2.05, 4.69) is 32.0 Å². The molecule has 0 saturated carbocycles. The predicted molar refractivity (Wildman–Crippen MR) is 106 cm³/mol. The number of fused-ring (bicyclic) bond motifs is 1. The molecule has 2 aromatic rings. The quantitative estimate of drug-likeness (QED) is 0.783. The zero-order valence-corrected chi connectivity index (χ0v) is 16.5. The minimum Gasteiger partial charge on any atom is -0.494 e. The van der Waals surface area contributed by atoms with Gasteiger partial charge in [-0.2, -0.15) is 0 Å². The van der Waals surface area contributed by atoms with Crippen molar-refractivity contribution in [2.45, 2.75) is 39.2 Å². The predicted octanol–water partition coefficient (Wildman–Crippen LogP) is 3.73. The number of benzene rings is 2. The van der Waals surface area contributed by atoms with Gasteiger partial charge in [0.25, 0.3) is 0 Å². The van der Waals surface area contributed by atoms with Gasteiger partial charge in [0.05, 0.1) is 12.4 Å². The first-order chi connectivity index (χ1) is 12.3. The first kappa shape index (κ1) is 18.9. The van der Waals surface area contributed by atoms with Gasteiger partial charge in [-0.05, 0) is 78.6 Å². The van der Waals surface area contributed by atoms with Gasteiger partial charge in [-0.1, -0.05) is 18.2 Å². The van der Waals surface area contributed by atoms with Crippen LogP contribution in [0.2, 0.25) is 0 Å². The smallest absolute Gasteiger partial charge is 0.147 e. The Morgan fingerprint density at radius 2 is 1.88 bits per heavy atom. The van der Waals surface area contributed by atoms with Crippen molar-refractivity contribution >= 4 is 9.84 Å². The highest BCUT2D eigenvalue weighted by atomic mass is 32.2. The van der Waals surface area contributed by atoms with Crippen LogP contribution in [0.3, 0.4) is 0 Å². The van der Waals surface area contributed by atoms with E-state index in [0.717, 1.165) is 29.7 Å². The number of hydrogen-bond acceptors (Lipinski definition) is 4. The Labute approximate surface area is 156 Å². The summed E-state index contributed by atoms with van der Waals surface area (Å²) in [4.78, 5) is 0. The molecule has 3 rings (SSSR count). The Balaban J connectivity index is 1.83. The average molecular weight is 374 g/mol. The van der Waals surface area contributed by atoms with E-state index in [4.69, 9.17) is 10.5 Å². The lowest BCUT2D eigenvalue weighted by atomic mass is 9.90. The second kappa shape index (κ2) is 7.41. The topological polar surface area (TPSA) is 69.4 Å². The SMILES string of the molecule is Cc1cc(OCCCS(C)(=O)=O)cc(C)c1-c1cccc2c1CC[C@H]2N. The molecule has 4 nitrogen and oxygen atoms in total. The monoisotopic (exact) mass is 373 g/mol. The minimum atomic E-state index is -2.94. The van der Waals surface area contributed by atoms with E-state index in [1.54, 1.807) is 0 Å². The third kappa shape index (κ3) is 4.10. The summed E-state index contributed by atoms with van der Waals surface area (Å²) in [5, 5.41) is 0. The molecule has 0 aliphatic heterocycles.